The van der Waals surface area contributed by atoms with Gasteiger partial charge in [0, 0.05) is 18.8 Å². The smallest absolute Gasteiger partial charge is 0.347 e. The number of rotatable bonds is 5. The number of aromatic nitrogens is 2. The second-order valence-corrected chi connectivity index (χ2v) is 3.20. The molecule has 0 amide bonds. The number of hydrogen-bond acceptors (Lipinski definition) is 3. The number of alkyl halides is 3. The number of hydrazine groups is 1. The van der Waals surface area contributed by atoms with Crippen LogP contribution in [0.1, 0.15) is 31.1 Å². The zero-order valence-corrected chi connectivity index (χ0v) is 8.01. The van der Waals surface area contributed by atoms with E-state index in [1.807, 2.05) is 0 Å². The Kier molecular flexibility index (Phi) is 4.10. The molecule has 7 heteroatoms. The fourth-order valence-corrected chi connectivity index (χ4v) is 1.27. The average molecular weight is 222 g/mol. The quantitative estimate of drug-likeness (QED) is 0.524. The van der Waals surface area contributed by atoms with E-state index in [0.717, 1.165) is 0 Å². The summed E-state index contributed by atoms with van der Waals surface area (Å²) in [5, 5.41) is 0. The SMILES string of the molecule is NNC(CCCC(F)(F)F)c1ncc[nH]1. The molecular formula is C8H13F3N4. The minimum Gasteiger partial charge on any atom is -0.347 e. The predicted molar refractivity (Wildman–Crippen MR) is 48.6 cm³/mol. The Morgan fingerprint density at radius 3 is 2.73 bits per heavy atom. The molecule has 0 spiro atoms. The summed E-state index contributed by atoms with van der Waals surface area (Å²) in [6.07, 6.45) is -1.45. The van der Waals surface area contributed by atoms with E-state index in [2.05, 4.69) is 15.4 Å². The van der Waals surface area contributed by atoms with Gasteiger partial charge in [0.05, 0.1) is 6.04 Å². The first-order valence-corrected chi connectivity index (χ1v) is 4.55. The molecule has 0 bridgehead atoms. The maximum atomic E-state index is 11.9. The molecule has 4 N–H and O–H groups in total. The van der Waals surface area contributed by atoms with Crippen molar-refractivity contribution < 1.29 is 13.2 Å². The van der Waals surface area contributed by atoms with Gasteiger partial charge in [-0.1, -0.05) is 0 Å². The van der Waals surface area contributed by atoms with Crippen molar-refractivity contribution in [1.29, 1.82) is 0 Å². The summed E-state index contributed by atoms with van der Waals surface area (Å²) in [6.45, 7) is 0. The molecule has 0 saturated carbocycles. The van der Waals surface area contributed by atoms with Crippen molar-refractivity contribution in [3.05, 3.63) is 18.2 Å². The molecular weight excluding hydrogens is 209 g/mol. The van der Waals surface area contributed by atoms with E-state index in [1.54, 1.807) is 6.20 Å². The topological polar surface area (TPSA) is 66.7 Å². The van der Waals surface area contributed by atoms with E-state index in [-0.39, 0.29) is 12.5 Å². The zero-order valence-electron chi connectivity index (χ0n) is 8.01. The first-order chi connectivity index (χ1) is 7.03. The van der Waals surface area contributed by atoms with Crippen LogP contribution in [0, 0.1) is 0 Å². The van der Waals surface area contributed by atoms with E-state index in [1.165, 1.54) is 6.20 Å². The Labute approximate surface area is 85.0 Å². The van der Waals surface area contributed by atoms with Gasteiger partial charge in [-0.15, -0.1) is 0 Å². The van der Waals surface area contributed by atoms with E-state index in [9.17, 15) is 13.2 Å². The molecule has 0 aliphatic carbocycles. The molecule has 0 aliphatic heterocycles. The fraction of sp³-hybridized carbons (Fsp3) is 0.625. The Morgan fingerprint density at radius 1 is 1.53 bits per heavy atom. The van der Waals surface area contributed by atoms with Crippen molar-refractivity contribution in [1.82, 2.24) is 15.4 Å². The average Bonchev–Trinajstić information content (AvgIpc) is 2.63. The minimum absolute atomic E-state index is 0.0269. The summed E-state index contributed by atoms with van der Waals surface area (Å²) in [7, 11) is 0. The number of hydrogen-bond donors (Lipinski definition) is 3. The molecule has 0 fully saturated rings. The number of nitrogens with zero attached hydrogens (tertiary/aromatic N) is 1. The van der Waals surface area contributed by atoms with Crippen LogP contribution in [0.3, 0.4) is 0 Å². The summed E-state index contributed by atoms with van der Waals surface area (Å²) in [4.78, 5) is 6.72. The molecule has 0 radical (unpaired) electrons. The highest BCUT2D eigenvalue weighted by Crippen LogP contribution is 2.24. The van der Waals surface area contributed by atoms with Crippen molar-refractivity contribution in [2.75, 3.05) is 0 Å². The van der Waals surface area contributed by atoms with E-state index >= 15 is 0 Å². The van der Waals surface area contributed by atoms with Gasteiger partial charge >= 0.3 is 6.18 Å². The van der Waals surface area contributed by atoms with Gasteiger partial charge in [-0.05, 0) is 12.8 Å². The molecule has 1 aromatic rings. The van der Waals surface area contributed by atoms with Crippen molar-refractivity contribution in [2.45, 2.75) is 31.5 Å². The number of nitrogens with two attached hydrogens (primary N) is 1. The molecule has 86 valence electrons. The van der Waals surface area contributed by atoms with E-state index < -0.39 is 12.6 Å². The maximum absolute atomic E-state index is 11.9. The number of nitrogens with one attached hydrogen (secondary N) is 2. The van der Waals surface area contributed by atoms with Crippen LogP contribution >= 0.6 is 0 Å². The van der Waals surface area contributed by atoms with Crippen LogP contribution in [-0.4, -0.2) is 16.1 Å². The zero-order chi connectivity index (χ0) is 11.3. The highest BCUT2D eigenvalue weighted by molar-refractivity contribution is 4.94. The Morgan fingerprint density at radius 2 is 2.27 bits per heavy atom. The number of aromatic amines is 1. The first-order valence-electron chi connectivity index (χ1n) is 4.55. The van der Waals surface area contributed by atoms with Gasteiger partial charge in [0.25, 0.3) is 0 Å². The van der Waals surface area contributed by atoms with Crippen LogP contribution in [0.25, 0.3) is 0 Å². The third-order valence-corrected chi connectivity index (χ3v) is 2.00. The van der Waals surface area contributed by atoms with Gasteiger partial charge in [-0.3, -0.25) is 5.84 Å². The molecule has 4 nitrogen and oxygen atoms in total. The minimum atomic E-state index is -4.11. The lowest BCUT2D eigenvalue weighted by Crippen LogP contribution is -2.29. The number of H-pyrrole nitrogens is 1. The van der Waals surface area contributed by atoms with E-state index in [0.29, 0.717) is 12.2 Å². The molecule has 1 heterocycles. The highest BCUT2D eigenvalue weighted by Gasteiger charge is 2.27. The summed E-state index contributed by atoms with van der Waals surface area (Å²) >= 11 is 0. The monoisotopic (exact) mass is 222 g/mol. The van der Waals surface area contributed by atoms with Gasteiger partial charge in [-0.25, -0.2) is 10.4 Å². The highest BCUT2D eigenvalue weighted by atomic mass is 19.4. The Hall–Kier alpha value is -1.08. The third kappa shape index (κ3) is 4.30. The second-order valence-electron chi connectivity index (χ2n) is 3.20. The first kappa shape index (κ1) is 12.0. The van der Waals surface area contributed by atoms with Gasteiger partial charge in [0.1, 0.15) is 5.82 Å². The number of imidazole rings is 1. The summed E-state index contributed by atoms with van der Waals surface area (Å²) in [5.41, 5.74) is 2.43. The van der Waals surface area contributed by atoms with Crippen LogP contribution in [0.5, 0.6) is 0 Å². The normalized spacial score (nSPS) is 14.1. The third-order valence-electron chi connectivity index (χ3n) is 2.00. The van der Waals surface area contributed by atoms with Crippen LogP contribution in [0.15, 0.2) is 12.4 Å². The second kappa shape index (κ2) is 5.13. The lowest BCUT2D eigenvalue weighted by Gasteiger charge is -2.13. The van der Waals surface area contributed by atoms with Gasteiger partial charge in [-0.2, -0.15) is 13.2 Å². The lowest BCUT2D eigenvalue weighted by molar-refractivity contribution is -0.135. The fourth-order valence-electron chi connectivity index (χ4n) is 1.27. The predicted octanol–water partition coefficient (Wildman–Crippen LogP) is 1.65. The Balaban J connectivity index is 2.36. The molecule has 0 aromatic carbocycles. The maximum Gasteiger partial charge on any atom is 0.389 e. The molecule has 0 saturated heterocycles. The number of halogens is 3. The van der Waals surface area contributed by atoms with Crippen molar-refractivity contribution in [2.24, 2.45) is 5.84 Å². The van der Waals surface area contributed by atoms with Crippen molar-refractivity contribution in [3.63, 3.8) is 0 Å². The van der Waals surface area contributed by atoms with Gasteiger partial charge in [0.2, 0.25) is 0 Å². The summed E-state index contributed by atoms with van der Waals surface area (Å²) < 4.78 is 35.6. The van der Waals surface area contributed by atoms with Gasteiger partial charge < -0.3 is 4.98 Å². The molecule has 15 heavy (non-hydrogen) atoms. The van der Waals surface area contributed by atoms with Crippen LogP contribution in [-0.2, 0) is 0 Å². The molecule has 0 aliphatic rings. The van der Waals surface area contributed by atoms with Gasteiger partial charge in [0.15, 0.2) is 0 Å². The Bertz CT molecular complexity index is 270. The molecule has 1 atom stereocenters. The van der Waals surface area contributed by atoms with Crippen molar-refractivity contribution >= 4 is 0 Å². The summed E-state index contributed by atoms with van der Waals surface area (Å²) in [5.74, 6) is 5.78. The van der Waals surface area contributed by atoms with Crippen molar-refractivity contribution in [3.8, 4) is 0 Å². The molecule has 1 unspecified atom stereocenters. The largest absolute Gasteiger partial charge is 0.389 e. The van der Waals surface area contributed by atoms with E-state index in [4.69, 9.17) is 5.84 Å². The summed E-state index contributed by atoms with van der Waals surface area (Å²) in [6, 6.07) is -0.359. The van der Waals surface area contributed by atoms with Crippen LogP contribution < -0.4 is 11.3 Å². The molecule has 1 rings (SSSR count). The molecule has 1 aromatic heterocycles. The van der Waals surface area contributed by atoms with Crippen LogP contribution in [0.2, 0.25) is 0 Å². The standard InChI is InChI=1S/C8H13F3N4/c9-8(10,11)3-1-2-6(15-12)7-13-4-5-14-7/h4-6,15H,1-3,12H2,(H,13,14). The van der Waals surface area contributed by atoms with Crippen LogP contribution in [0.4, 0.5) is 13.2 Å². The lowest BCUT2D eigenvalue weighted by atomic mass is 10.1.